The van der Waals surface area contributed by atoms with Crippen molar-refractivity contribution in [2.45, 2.75) is 31.7 Å². The summed E-state index contributed by atoms with van der Waals surface area (Å²) in [4.78, 5) is 25.7. The maximum absolute atomic E-state index is 12.5. The molecule has 2 heterocycles. The SMILES string of the molecule is O=C(O)CC1CCCCN1C(=O)c1cc(Br)c(Br)s1. The van der Waals surface area contributed by atoms with Crippen molar-refractivity contribution >= 4 is 55.1 Å². The Bertz CT molecular complexity index is 484. The molecular formula is C12H13Br2NO3S. The molecule has 0 aromatic carbocycles. The minimum atomic E-state index is -0.849. The van der Waals surface area contributed by atoms with E-state index in [4.69, 9.17) is 5.11 Å². The van der Waals surface area contributed by atoms with E-state index >= 15 is 0 Å². The number of carboxylic acid groups (broad SMARTS) is 1. The van der Waals surface area contributed by atoms with Crippen LogP contribution in [0.25, 0.3) is 0 Å². The first kappa shape index (κ1) is 15.0. The molecule has 1 aliphatic heterocycles. The summed E-state index contributed by atoms with van der Waals surface area (Å²) in [6.07, 6.45) is 2.72. The lowest BCUT2D eigenvalue weighted by molar-refractivity contribution is -0.138. The van der Waals surface area contributed by atoms with Crippen LogP contribution in [-0.4, -0.2) is 34.5 Å². The molecule has 1 aliphatic rings. The van der Waals surface area contributed by atoms with Crippen molar-refractivity contribution in [3.63, 3.8) is 0 Å². The molecule has 1 amide bonds. The first-order valence-corrected chi connectivity index (χ1v) is 8.37. The second-order valence-corrected chi connectivity index (χ2v) is 7.70. The molecule has 1 unspecified atom stereocenters. The molecule has 1 saturated heterocycles. The molecular weight excluding hydrogens is 398 g/mol. The molecule has 104 valence electrons. The highest BCUT2D eigenvalue weighted by Crippen LogP contribution is 2.34. The van der Waals surface area contributed by atoms with Crippen molar-refractivity contribution in [2.24, 2.45) is 0 Å². The smallest absolute Gasteiger partial charge is 0.305 e. The monoisotopic (exact) mass is 409 g/mol. The molecule has 19 heavy (non-hydrogen) atoms. The number of halogens is 2. The summed E-state index contributed by atoms with van der Waals surface area (Å²) in [5.41, 5.74) is 0. The summed E-state index contributed by atoms with van der Waals surface area (Å²) >= 11 is 8.10. The van der Waals surface area contributed by atoms with Crippen molar-refractivity contribution in [2.75, 3.05) is 6.54 Å². The van der Waals surface area contributed by atoms with Crippen molar-refractivity contribution in [1.82, 2.24) is 4.90 Å². The number of hydrogen-bond donors (Lipinski definition) is 1. The zero-order chi connectivity index (χ0) is 14.0. The van der Waals surface area contributed by atoms with Crippen LogP contribution < -0.4 is 0 Å². The van der Waals surface area contributed by atoms with Crippen molar-refractivity contribution in [3.8, 4) is 0 Å². The molecule has 1 aromatic rings. The second kappa shape index (κ2) is 6.37. The molecule has 0 spiro atoms. The third-order valence-electron chi connectivity index (χ3n) is 3.15. The average Bonchev–Trinajstić information content (AvgIpc) is 2.69. The zero-order valence-corrected chi connectivity index (χ0v) is 14.1. The van der Waals surface area contributed by atoms with Crippen LogP contribution in [0.4, 0.5) is 0 Å². The van der Waals surface area contributed by atoms with E-state index in [1.165, 1.54) is 11.3 Å². The van der Waals surface area contributed by atoms with Gasteiger partial charge in [-0.2, -0.15) is 0 Å². The van der Waals surface area contributed by atoms with E-state index in [1.54, 1.807) is 11.0 Å². The number of piperidine rings is 1. The molecule has 0 saturated carbocycles. The van der Waals surface area contributed by atoms with Crippen LogP contribution in [0.15, 0.2) is 14.3 Å². The van der Waals surface area contributed by atoms with Gasteiger partial charge in [0.2, 0.25) is 0 Å². The minimum absolute atomic E-state index is 0.0272. The molecule has 0 aliphatic carbocycles. The highest BCUT2D eigenvalue weighted by atomic mass is 79.9. The summed E-state index contributed by atoms with van der Waals surface area (Å²) in [6, 6.07) is 1.60. The molecule has 1 aromatic heterocycles. The summed E-state index contributed by atoms with van der Waals surface area (Å²) in [5, 5.41) is 8.93. The number of hydrogen-bond acceptors (Lipinski definition) is 3. The summed E-state index contributed by atoms with van der Waals surface area (Å²) in [6.45, 7) is 0.643. The molecule has 0 bridgehead atoms. The fourth-order valence-electron chi connectivity index (χ4n) is 2.28. The van der Waals surface area contributed by atoms with Gasteiger partial charge in [0.15, 0.2) is 0 Å². The fraction of sp³-hybridized carbons (Fsp3) is 0.500. The van der Waals surface area contributed by atoms with Crippen molar-refractivity contribution < 1.29 is 14.7 Å². The number of carbonyl (C=O) groups is 2. The maximum Gasteiger partial charge on any atom is 0.305 e. The van der Waals surface area contributed by atoms with Crippen LogP contribution in [0, 0.1) is 0 Å². The lowest BCUT2D eigenvalue weighted by Crippen LogP contribution is -2.44. The number of rotatable bonds is 3. The average molecular weight is 411 g/mol. The number of thiophene rings is 1. The van der Waals surface area contributed by atoms with Crippen LogP contribution in [0.5, 0.6) is 0 Å². The van der Waals surface area contributed by atoms with Crippen LogP contribution in [0.3, 0.4) is 0 Å². The largest absolute Gasteiger partial charge is 0.481 e. The Morgan fingerprint density at radius 3 is 2.74 bits per heavy atom. The molecule has 4 nitrogen and oxygen atoms in total. The summed E-state index contributed by atoms with van der Waals surface area (Å²) < 4.78 is 1.73. The van der Waals surface area contributed by atoms with Gasteiger partial charge in [-0.25, -0.2) is 0 Å². The number of carboxylic acids is 1. The van der Waals surface area contributed by atoms with E-state index in [0.717, 1.165) is 27.5 Å². The molecule has 1 fully saturated rings. The third kappa shape index (κ3) is 3.58. The fourth-order valence-corrected chi connectivity index (χ4v) is 4.27. The summed E-state index contributed by atoms with van der Waals surface area (Å²) in [7, 11) is 0. The number of nitrogens with zero attached hydrogens (tertiary/aromatic N) is 1. The van der Waals surface area contributed by atoms with Crippen LogP contribution in [-0.2, 0) is 4.79 Å². The standard InChI is InChI=1S/C12H13Br2NO3S/c13-8-6-9(19-11(8)14)12(18)15-4-2-1-3-7(15)5-10(16)17/h6-7H,1-5H2,(H,16,17). The number of likely N-dealkylation sites (tertiary alicyclic amines) is 1. The zero-order valence-electron chi connectivity index (χ0n) is 10.1. The van der Waals surface area contributed by atoms with E-state index in [2.05, 4.69) is 31.9 Å². The number of amides is 1. The van der Waals surface area contributed by atoms with E-state index in [1.807, 2.05) is 0 Å². The highest BCUT2D eigenvalue weighted by Gasteiger charge is 2.30. The predicted molar refractivity (Wildman–Crippen MR) is 80.6 cm³/mol. The normalized spacial score (nSPS) is 19.5. The Kier molecular flexibility index (Phi) is 5.03. The first-order chi connectivity index (χ1) is 8.99. The van der Waals surface area contributed by atoms with Crippen LogP contribution >= 0.6 is 43.2 Å². The van der Waals surface area contributed by atoms with Gasteiger partial charge in [0.25, 0.3) is 5.91 Å². The van der Waals surface area contributed by atoms with E-state index in [-0.39, 0.29) is 18.4 Å². The van der Waals surface area contributed by atoms with Crippen molar-refractivity contribution in [1.29, 1.82) is 0 Å². The van der Waals surface area contributed by atoms with Crippen molar-refractivity contribution in [3.05, 3.63) is 19.2 Å². The van der Waals surface area contributed by atoms with Gasteiger partial charge in [0.05, 0.1) is 15.1 Å². The Balaban J connectivity index is 2.17. The van der Waals surface area contributed by atoms with Gasteiger partial charge in [-0.1, -0.05) is 0 Å². The van der Waals surface area contributed by atoms with Gasteiger partial charge in [-0.15, -0.1) is 11.3 Å². The van der Waals surface area contributed by atoms with Gasteiger partial charge < -0.3 is 10.0 Å². The summed E-state index contributed by atoms with van der Waals surface area (Å²) in [5.74, 6) is -0.916. The van der Waals surface area contributed by atoms with Gasteiger partial charge in [0.1, 0.15) is 0 Å². The van der Waals surface area contributed by atoms with E-state index in [0.29, 0.717) is 11.4 Å². The quantitative estimate of drug-likeness (QED) is 0.825. The third-order valence-corrected chi connectivity index (χ3v) is 6.40. The van der Waals surface area contributed by atoms with Gasteiger partial charge in [0, 0.05) is 17.1 Å². The Morgan fingerprint density at radius 1 is 1.42 bits per heavy atom. The molecule has 7 heteroatoms. The van der Waals surface area contributed by atoms with Crippen LogP contribution in [0.1, 0.15) is 35.4 Å². The predicted octanol–water partition coefficient (Wildman–Crippen LogP) is 3.74. The van der Waals surface area contributed by atoms with Crippen LogP contribution in [0.2, 0.25) is 0 Å². The van der Waals surface area contributed by atoms with Gasteiger partial charge in [-0.05, 0) is 57.2 Å². The Labute approximate surface area is 132 Å². The van der Waals surface area contributed by atoms with E-state index in [9.17, 15) is 9.59 Å². The lowest BCUT2D eigenvalue weighted by Gasteiger charge is -2.34. The topological polar surface area (TPSA) is 57.6 Å². The maximum atomic E-state index is 12.5. The Hall–Kier alpha value is -0.400. The molecule has 0 radical (unpaired) electrons. The van der Waals surface area contributed by atoms with Gasteiger partial charge in [-0.3, -0.25) is 9.59 Å². The first-order valence-electron chi connectivity index (χ1n) is 5.96. The molecule has 2 rings (SSSR count). The highest BCUT2D eigenvalue weighted by molar-refractivity contribution is 9.13. The molecule has 1 N–H and O–H groups in total. The number of carbonyl (C=O) groups excluding carboxylic acids is 1. The van der Waals surface area contributed by atoms with Gasteiger partial charge >= 0.3 is 5.97 Å². The molecule has 1 atom stereocenters. The number of aliphatic carboxylic acids is 1. The second-order valence-electron chi connectivity index (χ2n) is 4.48. The minimum Gasteiger partial charge on any atom is -0.481 e. The van der Waals surface area contributed by atoms with E-state index < -0.39 is 5.97 Å². The Morgan fingerprint density at radius 2 is 2.16 bits per heavy atom. The lowest BCUT2D eigenvalue weighted by atomic mass is 9.99.